The van der Waals surface area contributed by atoms with Gasteiger partial charge in [0.15, 0.2) is 0 Å². The van der Waals surface area contributed by atoms with Crippen LogP contribution in [0.2, 0.25) is 5.02 Å². The molecule has 0 aliphatic rings. The summed E-state index contributed by atoms with van der Waals surface area (Å²) in [6.45, 7) is 3.54. The Hall–Kier alpha value is -1.89. The molecule has 0 spiro atoms. The van der Waals surface area contributed by atoms with Crippen LogP contribution in [-0.4, -0.2) is 21.9 Å². The molecule has 0 aromatic carbocycles. The van der Waals surface area contributed by atoms with Gasteiger partial charge in [0, 0.05) is 12.3 Å². The van der Waals surface area contributed by atoms with Crippen molar-refractivity contribution in [3.8, 4) is 0 Å². The zero-order valence-electron chi connectivity index (χ0n) is 9.88. The largest absolute Gasteiger partial charge is 0.368 e. The molecule has 98 valence electrons. The molecule has 0 bridgehead atoms. The smallest absolute Gasteiger partial charge is 0.312 e. The fourth-order valence-electron chi connectivity index (χ4n) is 1.39. The van der Waals surface area contributed by atoms with Gasteiger partial charge in [-0.3, -0.25) is 14.9 Å². The minimum Gasteiger partial charge on any atom is -0.368 e. The number of amides is 1. The van der Waals surface area contributed by atoms with E-state index in [0.717, 1.165) is 6.07 Å². The summed E-state index contributed by atoms with van der Waals surface area (Å²) >= 11 is 5.64. The van der Waals surface area contributed by atoms with Gasteiger partial charge in [-0.25, -0.2) is 4.98 Å². The lowest BCUT2D eigenvalue weighted by Gasteiger charge is -2.19. The number of nitrogens with one attached hydrogen (secondary N) is 1. The minimum absolute atomic E-state index is 0.0260. The predicted molar refractivity (Wildman–Crippen MR) is 67.3 cm³/mol. The fourth-order valence-corrected chi connectivity index (χ4v) is 1.54. The first-order valence-corrected chi connectivity index (χ1v) is 5.56. The van der Waals surface area contributed by atoms with Crippen LogP contribution in [-0.2, 0) is 4.79 Å². The zero-order chi connectivity index (χ0) is 13.9. The van der Waals surface area contributed by atoms with Crippen LogP contribution in [0, 0.1) is 16.0 Å². The third-order valence-corrected chi connectivity index (χ3v) is 2.50. The van der Waals surface area contributed by atoms with E-state index < -0.39 is 16.9 Å². The van der Waals surface area contributed by atoms with Gasteiger partial charge in [0.25, 0.3) is 0 Å². The van der Waals surface area contributed by atoms with Gasteiger partial charge in [0.05, 0.1) is 9.95 Å². The molecule has 0 fully saturated rings. The molecular weight excluding hydrogens is 260 g/mol. The Labute approximate surface area is 108 Å². The number of hydrogen-bond acceptors (Lipinski definition) is 5. The number of halogens is 1. The summed E-state index contributed by atoms with van der Waals surface area (Å²) in [5.41, 5.74) is 4.92. The second-order valence-corrected chi connectivity index (χ2v) is 4.48. The number of aromatic nitrogens is 1. The predicted octanol–water partition coefficient (Wildman–Crippen LogP) is 1.56. The Morgan fingerprint density at radius 2 is 2.22 bits per heavy atom. The van der Waals surface area contributed by atoms with Gasteiger partial charge >= 0.3 is 5.69 Å². The third-order valence-electron chi connectivity index (χ3n) is 2.30. The molecule has 0 aliphatic heterocycles. The maximum Gasteiger partial charge on any atom is 0.312 e. The van der Waals surface area contributed by atoms with E-state index >= 15 is 0 Å². The van der Waals surface area contributed by atoms with Gasteiger partial charge in [-0.2, -0.15) is 0 Å². The van der Waals surface area contributed by atoms with Crippen LogP contribution in [0.3, 0.4) is 0 Å². The highest BCUT2D eigenvalue weighted by Gasteiger charge is 2.24. The Bertz CT molecular complexity index is 478. The summed E-state index contributed by atoms with van der Waals surface area (Å²) in [4.78, 5) is 25.3. The third kappa shape index (κ3) is 3.30. The lowest BCUT2D eigenvalue weighted by Crippen LogP contribution is -2.39. The van der Waals surface area contributed by atoms with Crippen molar-refractivity contribution < 1.29 is 9.72 Å². The average Bonchev–Trinajstić information content (AvgIpc) is 2.25. The topological polar surface area (TPSA) is 111 Å². The number of carbonyl (C=O) groups is 1. The van der Waals surface area contributed by atoms with Gasteiger partial charge in [0.2, 0.25) is 11.7 Å². The van der Waals surface area contributed by atoms with Crippen molar-refractivity contribution in [2.75, 3.05) is 5.32 Å². The lowest BCUT2D eigenvalue weighted by atomic mass is 10.0. The second-order valence-electron chi connectivity index (χ2n) is 4.05. The van der Waals surface area contributed by atoms with Crippen molar-refractivity contribution in [3.63, 3.8) is 0 Å². The number of primary amides is 1. The van der Waals surface area contributed by atoms with E-state index in [9.17, 15) is 14.9 Å². The molecule has 1 amide bonds. The highest BCUT2D eigenvalue weighted by molar-refractivity contribution is 6.30. The van der Waals surface area contributed by atoms with E-state index in [4.69, 9.17) is 17.3 Å². The van der Waals surface area contributed by atoms with E-state index in [1.807, 2.05) is 0 Å². The van der Waals surface area contributed by atoms with Crippen LogP contribution >= 0.6 is 11.6 Å². The lowest BCUT2D eigenvalue weighted by molar-refractivity contribution is -0.384. The average molecular weight is 273 g/mol. The molecule has 0 radical (unpaired) electrons. The van der Waals surface area contributed by atoms with Crippen LogP contribution < -0.4 is 11.1 Å². The monoisotopic (exact) mass is 272 g/mol. The van der Waals surface area contributed by atoms with E-state index in [1.54, 1.807) is 13.8 Å². The molecule has 7 nitrogen and oxygen atoms in total. The van der Waals surface area contributed by atoms with Crippen molar-refractivity contribution >= 4 is 29.0 Å². The molecule has 1 atom stereocenters. The van der Waals surface area contributed by atoms with Crippen molar-refractivity contribution in [2.45, 2.75) is 19.9 Å². The van der Waals surface area contributed by atoms with E-state index in [1.165, 1.54) is 6.20 Å². The van der Waals surface area contributed by atoms with Crippen molar-refractivity contribution in [1.82, 2.24) is 4.98 Å². The summed E-state index contributed by atoms with van der Waals surface area (Å²) in [7, 11) is 0. The highest BCUT2D eigenvalue weighted by atomic mass is 35.5. The number of nitrogens with zero attached hydrogens (tertiary/aromatic N) is 2. The molecule has 18 heavy (non-hydrogen) atoms. The SMILES string of the molecule is CC(C)[C@H](Nc1ncc(Cl)cc1[N+](=O)[O-])C(N)=O. The van der Waals surface area contributed by atoms with Crippen LogP contribution in [0.25, 0.3) is 0 Å². The van der Waals surface area contributed by atoms with Crippen molar-refractivity contribution in [3.05, 3.63) is 27.4 Å². The van der Waals surface area contributed by atoms with Gasteiger partial charge in [-0.05, 0) is 5.92 Å². The first-order chi connectivity index (χ1) is 8.32. The minimum atomic E-state index is -0.739. The van der Waals surface area contributed by atoms with Gasteiger partial charge < -0.3 is 11.1 Å². The molecule has 1 aromatic rings. The number of hydrogen-bond donors (Lipinski definition) is 2. The maximum atomic E-state index is 11.2. The number of carbonyl (C=O) groups excluding carboxylic acids is 1. The molecule has 8 heteroatoms. The van der Waals surface area contributed by atoms with Gasteiger partial charge in [-0.1, -0.05) is 25.4 Å². The number of pyridine rings is 1. The van der Waals surface area contributed by atoms with Crippen LogP contribution in [0.15, 0.2) is 12.3 Å². The summed E-state index contributed by atoms with van der Waals surface area (Å²) in [6.07, 6.45) is 1.26. The molecule has 3 N–H and O–H groups in total. The first-order valence-electron chi connectivity index (χ1n) is 5.18. The fraction of sp³-hybridized carbons (Fsp3) is 0.400. The van der Waals surface area contributed by atoms with Crippen LogP contribution in [0.4, 0.5) is 11.5 Å². The molecule has 0 saturated carbocycles. The Balaban J connectivity index is 3.10. The molecule has 0 saturated heterocycles. The molecular formula is C10H13ClN4O3. The molecule has 0 unspecified atom stereocenters. The summed E-state index contributed by atoms with van der Waals surface area (Å²) < 4.78 is 0. The number of nitro groups is 1. The number of anilines is 1. The van der Waals surface area contributed by atoms with E-state index in [0.29, 0.717) is 0 Å². The van der Waals surface area contributed by atoms with Crippen molar-refractivity contribution in [2.24, 2.45) is 11.7 Å². The summed E-state index contributed by atoms with van der Waals surface area (Å²) in [5, 5.41) is 13.7. The highest BCUT2D eigenvalue weighted by Crippen LogP contribution is 2.26. The second kappa shape index (κ2) is 5.63. The molecule has 1 aromatic heterocycles. The molecule has 1 heterocycles. The summed E-state index contributed by atoms with van der Waals surface area (Å²) in [5.74, 6) is -0.752. The quantitative estimate of drug-likeness (QED) is 0.624. The molecule has 0 aliphatic carbocycles. The number of nitrogens with two attached hydrogens (primary N) is 1. The van der Waals surface area contributed by atoms with E-state index in [-0.39, 0.29) is 22.4 Å². The van der Waals surface area contributed by atoms with Gasteiger partial charge in [0.1, 0.15) is 6.04 Å². The first kappa shape index (κ1) is 14.2. The van der Waals surface area contributed by atoms with Gasteiger partial charge in [-0.15, -0.1) is 0 Å². The van der Waals surface area contributed by atoms with E-state index in [2.05, 4.69) is 10.3 Å². The maximum absolute atomic E-state index is 11.2. The number of rotatable bonds is 5. The van der Waals surface area contributed by atoms with Crippen LogP contribution in [0.5, 0.6) is 0 Å². The standard InChI is InChI=1S/C10H13ClN4O3/c1-5(2)8(9(12)16)14-10-7(15(17)18)3-6(11)4-13-10/h3-5,8H,1-2H3,(H2,12,16)(H,13,14)/t8-/m0/s1. The molecule has 1 rings (SSSR count). The Morgan fingerprint density at radius 1 is 1.61 bits per heavy atom. The summed E-state index contributed by atoms with van der Waals surface area (Å²) in [6, 6.07) is 0.423. The zero-order valence-corrected chi connectivity index (χ0v) is 10.6. The van der Waals surface area contributed by atoms with Crippen molar-refractivity contribution in [1.29, 1.82) is 0 Å². The Morgan fingerprint density at radius 3 is 2.67 bits per heavy atom. The normalized spacial score (nSPS) is 12.2. The van der Waals surface area contributed by atoms with Crippen LogP contribution in [0.1, 0.15) is 13.8 Å². The Kier molecular flexibility index (Phi) is 4.43.